The highest BCUT2D eigenvalue weighted by molar-refractivity contribution is 7.99. The Morgan fingerprint density at radius 3 is 2.39 bits per heavy atom. The molecule has 3 nitrogen and oxygen atoms in total. The van der Waals surface area contributed by atoms with E-state index in [-0.39, 0.29) is 11.9 Å². The number of nitrogens with zero attached hydrogens (tertiary/aromatic N) is 2. The first-order valence-corrected chi connectivity index (χ1v) is 10.6. The number of thioether (sulfide) groups is 1. The van der Waals surface area contributed by atoms with Crippen LogP contribution in [0.5, 0.6) is 0 Å². The monoisotopic (exact) mass is 408 g/mol. The van der Waals surface area contributed by atoms with Gasteiger partial charge in [-0.25, -0.2) is 4.98 Å². The minimum Gasteiger partial charge on any atom is -0.396 e. The van der Waals surface area contributed by atoms with Gasteiger partial charge in [-0.1, -0.05) is 60.1 Å². The first-order chi connectivity index (χ1) is 13.8. The summed E-state index contributed by atoms with van der Waals surface area (Å²) in [5.41, 5.74) is 3.13. The Kier molecular flexibility index (Phi) is 6.01. The van der Waals surface area contributed by atoms with E-state index in [9.17, 15) is 5.11 Å². The van der Waals surface area contributed by atoms with Crippen molar-refractivity contribution in [3.63, 3.8) is 0 Å². The second-order valence-corrected chi connectivity index (χ2v) is 8.17. The largest absolute Gasteiger partial charge is 0.396 e. The van der Waals surface area contributed by atoms with Gasteiger partial charge in [0.15, 0.2) is 0 Å². The van der Waals surface area contributed by atoms with Gasteiger partial charge in [0.25, 0.3) is 0 Å². The quantitative estimate of drug-likeness (QED) is 0.384. The number of halogens is 1. The van der Waals surface area contributed by atoms with Crippen LogP contribution in [0.3, 0.4) is 0 Å². The van der Waals surface area contributed by atoms with Crippen LogP contribution in [0, 0.1) is 0 Å². The molecule has 0 saturated heterocycles. The van der Waals surface area contributed by atoms with Crippen LogP contribution in [0.1, 0.15) is 23.1 Å². The molecule has 28 heavy (non-hydrogen) atoms. The highest BCUT2D eigenvalue weighted by atomic mass is 35.5. The molecular formula is C23H21ClN2OS. The molecule has 5 heteroatoms. The minimum atomic E-state index is 0.0356. The van der Waals surface area contributed by atoms with Crippen molar-refractivity contribution < 1.29 is 5.11 Å². The summed E-state index contributed by atoms with van der Waals surface area (Å²) in [6.07, 6.45) is 0.669. The second-order valence-electron chi connectivity index (χ2n) is 6.55. The third-order valence-corrected chi connectivity index (χ3v) is 6.11. The maximum Gasteiger partial charge on any atom is 0.127 e. The van der Waals surface area contributed by atoms with Crippen LogP contribution in [-0.2, 0) is 6.54 Å². The van der Waals surface area contributed by atoms with E-state index >= 15 is 0 Å². The normalized spacial score (nSPS) is 12.4. The smallest absolute Gasteiger partial charge is 0.127 e. The molecule has 1 N–H and O–H groups in total. The van der Waals surface area contributed by atoms with Crippen LogP contribution in [0.15, 0.2) is 83.8 Å². The molecule has 0 aliphatic heterocycles. The average Bonchev–Trinajstić information content (AvgIpc) is 3.09. The first-order valence-electron chi connectivity index (χ1n) is 9.29. The van der Waals surface area contributed by atoms with Gasteiger partial charge in [-0.15, -0.1) is 11.8 Å². The number of aliphatic hydroxyl groups excluding tert-OH is 1. The van der Waals surface area contributed by atoms with E-state index in [0.29, 0.717) is 18.0 Å². The molecule has 4 aromatic rings. The highest BCUT2D eigenvalue weighted by Crippen LogP contribution is 2.41. The Balaban J connectivity index is 1.86. The van der Waals surface area contributed by atoms with Crippen LogP contribution in [-0.4, -0.2) is 21.3 Å². The SMILES string of the molecule is OCCCn1c(C(Sc2ccccc2)c2ccccc2)nc2ccc(Cl)cc21. The summed E-state index contributed by atoms with van der Waals surface area (Å²) >= 11 is 8.05. The lowest BCUT2D eigenvalue weighted by Gasteiger charge is -2.19. The predicted molar refractivity (Wildman–Crippen MR) is 117 cm³/mol. The van der Waals surface area contributed by atoms with E-state index in [1.54, 1.807) is 11.8 Å². The zero-order chi connectivity index (χ0) is 19.3. The third-order valence-electron chi connectivity index (χ3n) is 4.61. The molecule has 0 radical (unpaired) electrons. The van der Waals surface area contributed by atoms with E-state index in [1.165, 1.54) is 10.5 Å². The van der Waals surface area contributed by atoms with Crippen molar-refractivity contribution in [3.8, 4) is 0 Å². The van der Waals surface area contributed by atoms with Gasteiger partial charge in [-0.3, -0.25) is 0 Å². The Bertz CT molecular complexity index is 1050. The van der Waals surface area contributed by atoms with Crippen LogP contribution >= 0.6 is 23.4 Å². The lowest BCUT2D eigenvalue weighted by atomic mass is 10.1. The minimum absolute atomic E-state index is 0.0356. The summed E-state index contributed by atoms with van der Waals surface area (Å²) in [5.74, 6) is 0.978. The summed E-state index contributed by atoms with van der Waals surface area (Å²) in [6.45, 7) is 0.836. The molecule has 3 aromatic carbocycles. The lowest BCUT2D eigenvalue weighted by Crippen LogP contribution is -2.09. The van der Waals surface area contributed by atoms with Gasteiger partial charge >= 0.3 is 0 Å². The molecule has 4 rings (SSSR count). The van der Waals surface area contributed by atoms with Crippen molar-refractivity contribution in [2.45, 2.75) is 23.1 Å². The van der Waals surface area contributed by atoms with Gasteiger partial charge < -0.3 is 9.67 Å². The zero-order valence-electron chi connectivity index (χ0n) is 15.3. The first kappa shape index (κ1) is 19.1. The van der Waals surface area contributed by atoms with Gasteiger partial charge in [0.1, 0.15) is 5.82 Å². The molecule has 0 bridgehead atoms. The molecule has 142 valence electrons. The predicted octanol–water partition coefficient (Wildman–Crippen LogP) is 5.95. The highest BCUT2D eigenvalue weighted by Gasteiger charge is 2.23. The van der Waals surface area contributed by atoms with Crippen LogP contribution in [0.25, 0.3) is 11.0 Å². The molecule has 0 spiro atoms. The van der Waals surface area contributed by atoms with Crippen molar-refractivity contribution in [1.29, 1.82) is 0 Å². The van der Waals surface area contributed by atoms with Crippen LogP contribution in [0.4, 0.5) is 0 Å². The molecule has 1 unspecified atom stereocenters. The number of aromatic nitrogens is 2. The zero-order valence-corrected chi connectivity index (χ0v) is 16.9. The molecule has 1 atom stereocenters. The molecule has 0 saturated carbocycles. The van der Waals surface area contributed by atoms with Crippen molar-refractivity contribution in [1.82, 2.24) is 9.55 Å². The van der Waals surface area contributed by atoms with Gasteiger partial charge in [-0.2, -0.15) is 0 Å². The number of aliphatic hydroxyl groups is 1. The van der Waals surface area contributed by atoms with E-state index < -0.39 is 0 Å². The Morgan fingerprint density at radius 1 is 0.964 bits per heavy atom. The van der Waals surface area contributed by atoms with Gasteiger partial charge in [0.05, 0.1) is 16.3 Å². The maximum atomic E-state index is 9.41. The molecule has 0 aliphatic carbocycles. The van der Waals surface area contributed by atoms with Crippen LogP contribution in [0.2, 0.25) is 5.02 Å². The maximum absolute atomic E-state index is 9.41. The molecule has 1 heterocycles. The fraction of sp³-hybridized carbons (Fsp3) is 0.174. The van der Waals surface area contributed by atoms with Crippen molar-refractivity contribution in [2.24, 2.45) is 0 Å². The van der Waals surface area contributed by atoms with E-state index in [1.807, 2.05) is 30.3 Å². The topological polar surface area (TPSA) is 38.0 Å². The number of rotatable bonds is 7. The van der Waals surface area contributed by atoms with Crippen molar-refractivity contribution >= 4 is 34.4 Å². The van der Waals surface area contributed by atoms with E-state index in [0.717, 1.165) is 16.9 Å². The van der Waals surface area contributed by atoms with E-state index in [4.69, 9.17) is 16.6 Å². The van der Waals surface area contributed by atoms with E-state index in [2.05, 4.69) is 53.1 Å². The number of hydrogen-bond donors (Lipinski definition) is 1. The van der Waals surface area contributed by atoms with Crippen molar-refractivity contribution in [3.05, 3.63) is 95.3 Å². The Labute approximate surface area is 174 Å². The molecule has 0 fully saturated rings. The van der Waals surface area contributed by atoms with Gasteiger partial charge in [-0.05, 0) is 42.3 Å². The third kappa shape index (κ3) is 4.09. The summed E-state index contributed by atoms with van der Waals surface area (Å²) in [4.78, 5) is 6.17. The Hall–Kier alpha value is -2.27. The standard InChI is InChI=1S/C23H21ClN2OS/c24-18-12-13-20-21(16-18)26(14-7-15-27)23(25-20)22(17-8-3-1-4-9-17)28-19-10-5-2-6-11-19/h1-6,8-13,16,22,27H,7,14-15H2. The summed E-state index contributed by atoms with van der Waals surface area (Å²) in [6, 6.07) is 26.6. The average molecular weight is 409 g/mol. The molecule has 1 aromatic heterocycles. The molecule has 0 amide bonds. The molecular weight excluding hydrogens is 388 g/mol. The number of imidazole rings is 1. The summed E-state index contributed by atoms with van der Waals surface area (Å²) in [5, 5.41) is 10.1. The number of aryl methyl sites for hydroxylation is 1. The number of hydrogen-bond acceptors (Lipinski definition) is 3. The molecule has 0 aliphatic rings. The second kappa shape index (κ2) is 8.82. The van der Waals surface area contributed by atoms with Crippen LogP contribution < -0.4 is 0 Å². The number of fused-ring (bicyclic) bond motifs is 1. The van der Waals surface area contributed by atoms with Gasteiger partial charge in [0.2, 0.25) is 0 Å². The fourth-order valence-corrected chi connectivity index (χ4v) is 4.64. The summed E-state index contributed by atoms with van der Waals surface area (Å²) in [7, 11) is 0. The Morgan fingerprint density at radius 2 is 1.68 bits per heavy atom. The lowest BCUT2D eigenvalue weighted by molar-refractivity contribution is 0.280. The fourth-order valence-electron chi connectivity index (χ4n) is 3.31. The summed E-state index contributed by atoms with van der Waals surface area (Å²) < 4.78 is 2.20. The van der Waals surface area contributed by atoms with Gasteiger partial charge in [0, 0.05) is 23.1 Å². The van der Waals surface area contributed by atoms with Crippen molar-refractivity contribution in [2.75, 3.05) is 6.61 Å². The number of benzene rings is 3.